The number of carbonyl (C=O) groups excluding carboxylic acids is 2. The van der Waals surface area contributed by atoms with Crippen LogP contribution in [-0.4, -0.2) is 11.6 Å². The fourth-order valence-electron chi connectivity index (χ4n) is 14.4. The first-order chi connectivity index (χ1) is 13.4. The van der Waals surface area contributed by atoms with Crippen LogP contribution in [0, 0.1) is 80.8 Å². The zero-order valence-electron chi connectivity index (χ0n) is 17.2. The first-order valence-corrected chi connectivity index (χ1v) is 12.4. The van der Waals surface area contributed by atoms with Gasteiger partial charge in [0, 0.05) is 10.8 Å². The Bertz CT molecular complexity index is 799. The van der Waals surface area contributed by atoms with Gasteiger partial charge in [0.15, 0.2) is 0 Å². The van der Waals surface area contributed by atoms with Crippen LogP contribution in [0.25, 0.3) is 0 Å². The van der Waals surface area contributed by atoms with Gasteiger partial charge in [-0.1, -0.05) is 0 Å². The van der Waals surface area contributed by atoms with Crippen molar-refractivity contribution in [3.8, 4) is 0 Å². The fourth-order valence-corrected chi connectivity index (χ4v) is 14.4. The maximum absolute atomic E-state index is 12.9. The Hall–Kier alpha value is -0.660. The zero-order valence-corrected chi connectivity index (χ0v) is 17.2. The van der Waals surface area contributed by atoms with E-state index in [1.54, 1.807) is 0 Å². The van der Waals surface area contributed by atoms with Gasteiger partial charge in [-0.25, -0.2) is 0 Å². The zero-order chi connectivity index (χ0) is 18.6. The van der Waals surface area contributed by atoms with Gasteiger partial charge in [-0.05, 0) is 135 Å². The smallest absolute Gasteiger partial charge is 0.136 e. The number of rotatable bonds is 2. The van der Waals surface area contributed by atoms with E-state index in [0.717, 1.165) is 59.2 Å². The van der Waals surface area contributed by atoms with Gasteiger partial charge in [0.05, 0.1) is 0 Å². The molecule has 0 aromatic heterocycles. The van der Waals surface area contributed by atoms with E-state index in [-0.39, 0.29) is 10.8 Å². The molecule has 13 fully saturated rings. The second kappa shape index (κ2) is 3.73. The first-order valence-electron chi connectivity index (χ1n) is 12.4. The van der Waals surface area contributed by atoms with Crippen molar-refractivity contribution in [3.63, 3.8) is 0 Å². The summed E-state index contributed by atoms with van der Waals surface area (Å²) in [6, 6.07) is 0. The van der Waals surface area contributed by atoms with Crippen LogP contribution in [0.5, 0.6) is 0 Å². The van der Waals surface area contributed by atoms with Crippen LogP contribution in [-0.2, 0) is 9.59 Å². The Labute approximate surface area is 167 Å². The van der Waals surface area contributed by atoms with Crippen molar-refractivity contribution < 1.29 is 9.59 Å². The second-order valence-corrected chi connectivity index (χ2v) is 13.8. The fraction of sp³-hybridized carbons (Fsp3) is 0.923. The van der Waals surface area contributed by atoms with Gasteiger partial charge in [0.2, 0.25) is 0 Å². The molecule has 13 aliphatic rings. The summed E-state index contributed by atoms with van der Waals surface area (Å²) in [5, 5.41) is 0. The third-order valence-corrected chi connectivity index (χ3v) is 14.0. The summed E-state index contributed by atoms with van der Waals surface area (Å²) in [5.74, 6) is 10.2. The molecule has 0 aromatic rings. The lowest BCUT2D eigenvalue weighted by atomic mass is 9.12. The molecular weight excluding hydrogens is 344 g/mol. The quantitative estimate of drug-likeness (QED) is 0.710. The molecule has 0 amide bonds. The number of hydrogen-bond acceptors (Lipinski definition) is 2. The SMILES string of the molecule is CC(=O)C12C[C@@H]3C4CC56CC7(C(C)=O)C[C@@H]8C9CC(C1)([C@@H]3[C@H]5[C@H]9C7)[C@@H]([C@H]86)[C@H]4C2. The summed E-state index contributed by atoms with van der Waals surface area (Å²) >= 11 is 0. The van der Waals surface area contributed by atoms with Gasteiger partial charge in [-0.15, -0.1) is 0 Å². The van der Waals surface area contributed by atoms with Gasteiger partial charge in [-0.3, -0.25) is 9.59 Å². The molecule has 13 saturated carbocycles. The molecule has 0 aliphatic heterocycles. The van der Waals surface area contributed by atoms with Crippen LogP contribution < -0.4 is 0 Å². The number of ketones is 2. The minimum absolute atomic E-state index is 0.0763. The van der Waals surface area contributed by atoms with E-state index >= 15 is 0 Å². The lowest BCUT2D eigenvalue weighted by Gasteiger charge is -2.92. The Morgan fingerprint density at radius 3 is 1.14 bits per heavy atom. The molecule has 13 rings (SSSR count). The molecule has 2 nitrogen and oxygen atoms in total. The molecule has 0 saturated heterocycles. The highest BCUT2D eigenvalue weighted by Crippen LogP contribution is 2.94. The molecule has 0 N–H and O–H groups in total. The van der Waals surface area contributed by atoms with Crippen LogP contribution in [0.15, 0.2) is 0 Å². The van der Waals surface area contributed by atoms with Crippen molar-refractivity contribution in [1.82, 2.24) is 0 Å². The predicted octanol–water partition coefficient (Wildman–Crippen LogP) is 4.52. The lowest BCUT2D eigenvalue weighted by molar-refractivity contribution is -0.442. The van der Waals surface area contributed by atoms with Gasteiger partial charge in [0.25, 0.3) is 0 Å². The van der Waals surface area contributed by atoms with Crippen molar-refractivity contribution in [2.75, 3.05) is 0 Å². The Morgan fingerprint density at radius 2 is 0.857 bits per heavy atom. The highest BCUT2D eigenvalue weighted by Gasteiger charge is 2.89. The molecule has 14 atom stereocenters. The van der Waals surface area contributed by atoms with Crippen molar-refractivity contribution in [2.24, 2.45) is 80.8 Å². The molecule has 14 bridgehead atoms. The highest BCUT2D eigenvalue weighted by molar-refractivity contribution is 5.84. The second-order valence-electron chi connectivity index (χ2n) is 13.8. The topological polar surface area (TPSA) is 34.1 Å². The molecule has 2 spiro atoms. The maximum Gasteiger partial charge on any atom is 0.136 e. The summed E-state index contributed by atoms with van der Waals surface area (Å²) in [6.45, 7) is 3.87. The van der Waals surface area contributed by atoms with E-state index in [9.17, 15) is 9.59 Å². The van der Waals surface area contributed by atoms with E-state index in [1.165, 1.54) is 51.4 Å². The summed E-state index contributed by atoms with van der Waals surface area (Å²) in [6.07, 6.45) is 10.5. The van der Waals surface area contributed by atoms with Crippen LogP contribution in [0.3, 0.4) is 0 Å². The number of hydrogen-bond donors (Lipinski definition) is 0. The summed E-state index contributed by atoms with van der Waals surface area (Å²) in [5.41, 5.74) is 1.26. The van der Waals surface area contributed by atoms with Crippen LogP contribution in [0.2, 0.25) is 0 Å². The molecule has 13 aliphatic carbocycles. The van der Waals surface area contributed by atoms with Crippen molar-refractivity contribution in [2.45, 2.75) is 65.2 Å². The molecule has 28 heavy (non-hydrogen) atoms. The van der Waals surface area contributed by atoms with Crippen LogP contribution >= 0.6 is 0 Å². The monoisotopic (exact) mass is 376 g/mol. The molecule has 0 aromatic carbocycles. The van der Waals surface area contributed by atoms with Gasteiger partial charge >= 0.3 is 0 Å². The summed E-state index contributed by atoms with van der Waals surface area (Å²) in [4.78, 5) is 25.9. The number of carbonyl (C=O) groups is 2. The van der Waals surface area contributed by atoms with Gasteiger partial charge < -0.3 is 0 Å². The largest absolute Gasteiger partial charge is 0.299 e. The average Bonchev–Trinajstić information content (AvgIpc) is 2.65. The highest BCUT2D eigenvalue weighted by atomic mass is 16.1. The number of Topliss-reactive ketones (excluding diaryl/α,β-unsaturated/α-hetero) is 2. The Balaban J connectivity index is 1.32. The van der Waals surface area contributed by atoms with Crippen LogP contribution in [0.4, 0.5) is 0 Å². The molecule has 6 unspecified atom stereocenters. The third-order valence-electron chi connectivity index (χ3n) is 14.0. The predicted molar refractivity (Wildman–Crippen MR) is 103 cm³/mol. The minimum atomic E-state index is 0.0763. The molecule has 0 heterocycles. The lowest BCUT2D eigenvalue weighted by Crippen LogP contribution is -2.87. The molecule has 2 heteroatoms. The first kappa shape index (κ1) is 15.2. The third kappa shape index (κ3) is 1.09. The van der Waals surface area contributed by atoms with E-state index in [4.69, 9.17) is 0 Å². The van der Waals surface area contributed by atoms with Crippen molar-refractivity contribution in [1.29, 1.82) is 0 Å². The Morgan fingerprint density at radius 1 is 0.536 bits per heavy atom. The van der Waals surface area contributed by atoms with Crippen LogP contribution in [0.1, 0.15) is 65.2 Å². The minimum Gasteiger partial charge on any atom is -0.299 e. The summed E-state index contributed by atoms with van der Waals surface area (Å²) < 4.78 is 0. The van der Waals surface area contributed by atoms with E-state index in [0.29, 0.717) is 22.4 Å². The van der Waals surface area contributed by atoms with Crippen molar-refractivity contribution >= 4 is 11.6 Å². The Kier molecular flexibility index (Phi) is 2.02. The molecule has 0 radical (unpaired) electrons. The summed E-state index contributed by atoms with van der Waals surface area (Å²) in [7, 11) is 0. The average molecular weight is 377 g/mol. The molecular formula is C26H32O2. The van der Waals surface area contributed by atoms with Gasteiger partial charge in [0.1, 0.15) is 11.6 Å². The van der Waals surface area contributed by atoms with Gasteiger partial charge in [-0.2, -0.15) is 0 Å². The standard InChI is InChI=1S/C26H32O2/c1-11(27)23-3-15-13-8-26-10-24(12(2)28)5-17-14-7-25(9-23,19(15)21(17)26)20(16(13)4-23)22(26)18(14)6-24/h13-22H,3-10H2,1-2H3/t13?,14?,15-,16+,17+,18-,19+,20-,21-,22+,23?,24?,25?,26?. The maximum atomic E-state index is 12.9. The van der Waals surface area contributed by atoms with Crippen molar-refractivity contribution in [3.05, 3.63) is 0 Å². The van der Waals surface area contributed by atoms with E-state index in [2.05, 4.69) is 0 Å². The van der Waals surface area contributed by atoms with E-state index in [1.807, 2.05) is 13.8 Å². The normalized spacial score (nSPS) is 74.5. The van der Waals surface area contributed by atoms with E-state index < -0.39 is 0 Å². The molecule has 148 valence electrons.